The minimum Gasteiger partial charge on any atom is -0.492 e. The Labute approximate surface area is 475 Å². The zero-order valence-corrected chi connectivity index (χ0v) is 48.4. The maximum atomic E-state index is 13.0. The zero-order valence-electron chi connectivity index (χ0n) is 46.7. The quantitative estimate of drug-likeness (QED) is 0.0141. The van der Waals surface area contributed by atoms with E-state index in [1.807, 2.05) is 90.4 Å². The standard InChI is InChI=1S/C60H73N3O16S2/c1-44-43-59(2,3)62(28-29-74-32-33-76-36-37-77-35-34-75-31-30-72-5)52-42-54-49(41-48(44)52)46(39-53(78-54)45-17-12-10-13-18-45)19-11-8-7-9-14-20-55-60(4,26-15-21-58(66)79-63-56(64)24-25-57(63)65)50-40-47(81(69,70)71)22-23-51(50)61(55)27-16-38-80(67,68)73-6/h7-14,17-20,22-25,39-43H,15-16,21,26-38H2,1-6H3,(H2-,64,65,69,70,71)/p+1. The molecule has 4 aromatic rings. The van der Waals surface area contributed by atoms with Gasteiger partial charge in [0.2, 0.25) is 17.4 Å². The molecule has 0 fully saturated rings. The second-order valence-corrected chi connectivity index (χ2v) is 23.4. The van der Waals surface area contributed by atoms with Crippen LogP contribution < -0.4 is 14.5 Å². The van der Waals surface area contributed by atoms with Gasteiger partial charge in [0.05, 0.1) is 88.2 Å². The van der Waals surface area contributed by atoms with Crippen molar-refractivity contribution in [1.82, 2.24) is 4.73 Å². The minimum atomic E-state index is -4.63. The second-order valence-electron chi connectivity index (χ2n) is 20.1. The van der Waals surface area contributed by atoms with Crippen molar-refractivity contribution in [3.05, 3.63) is 150 Å². The summed E-state index contributed by atoms with van der Waals surface area (Å²) in [5.41, 5.74) is 6.52. The molecule has 4 heterocycles. The number of ether oxygens (including phenoxy) is 6. The Bertz CT molecular complexity index is 3280. The highest BCUT2D eigenvalue weighted by molar-refractivity contribution is 7.86. The van der Waals surface area contributed by atoms with Gasteiger partial charge < -0.3 is 48.4 Å². The fourth-order valence-electron chi connectivity index (χ4n) is 10.0. The lowest BCUT2D eigenvalue weighted by Gasteiger charge is -2.44. The Balaban J connectivity index is 1.10. The number of aromatic nitrogens is 1. The van der Waals surface area contributed by atoms with Gasteiger partial charge in [-0.25, -0.2) is 4.79 Å². The van der Waals surface area contributed by atoms with Crippen molar-refractivity contribution in [3.63, 3.8) is 0 Å². The summed E-state index contributed by atoms with van der Waals surface area (Å²) >= 11 is 0. The molecule has 0 aliphatic carbocycles. The fourth-order valence-corrected chi connectivity index (χ4v) is 11.2. The molecule has 3 aromatic carbocycles. The van der Waals surface area contributed by atoms with Gasteiger partial charge in [-0.15, -0.1) is 4.73 Å². The van der Waals surface area contributed by atoms with E-state index >= 15 is 0 Å². The summed E-state index contributed by atoms with van der Waals surface area (Å²) in [4.78, 5) is 20.2. The highest BCUT2D eigenvalue weighted by Gasteiger charge is 2.48. The molecule has 3 aliphatic heterocycles. The number of benzene rings is 3. The molecule has 81 heavy (non-hydrogen) atoms. The monoisotopic (exact) mass is 1160 g/mol. The number of methoxy groups -OCH3 is 1. The molecule has 0 spiro atoms. The molecule has 0 saturated carbocycles. The molecule has 21 heteroatoms. The maximum absolute atomic E-state index is 13.0. The van der Waals surface area contributed by atoms with E-state index in [0.29, 0.717) is 99.2 Å². The van der Waals surface area contributed by atoms with Crippen molar-refractivity contribution in [2.45, 2.75) is 69.2 Å². The van der Waals surface area contributed by atoms with Crippen molar-refractivity contribution in [2.75, 3.05) is 97.4 Å². The Morgan fingerprint density at radius 2 is 1.40 bits per heavy atom. The third-order valence-electron chi connectivity index (χ3n) is 14.0. The van der Waals surface area contributed by atoms with E-state index in [9.17, 15) is 36.4 Å². The number of hydrogen-bond donors (Lipinski definition) is 3. The van der Waals surface area contributed by atoms with Gasteiger partial charge in [-0.2, -0.15) is 21.4 Å². The Morgan fingerprint density at radius 1 is 0.753 bits per heavy atom. The van der Waals surface area contributed by atoms with Crippen LogP contribution in [0.4, 0.5) is 11.4 Å². The van der Waals surface area contributed by atoms with Crippen molar-refractivity contribution in [1.29, 1.82) is 0 Å². The third-order valence-corrected chi connectivity index (χ3v) is 16.2. The van der Waals surface area contributed by atoms with Crippen LogP contribution in [0.5, 0.6) is 17.5 Å². The first-order chi connectivity index (χ1) is 38.8. The fraction of sp³-hybridized carbons (Fsp3) is 0.400. The van der Waals surface area contributed by atoms with Gasteiger partial charge in [0, 0.05) is 84.8 Å². The summed E-state index contributed by atoms with van der Waals surface area (Å²) in [5.74, 6) is -0.577. The summed E-state index contributed by atoms with van der Waals surface area (Å²) in [6.45, 7) is 13.6. The zero-order chi connectivity index (χ0) is 58.2. The first-order valence-corrected chi connectivity index (χ1v) is 29.8. The molecule has 0 bridgehead atoms. The number of rotatable bonds is 31. The average molecular weight is 1160 g/mol. The molecule has 1 atom stereocenters. The van der Waals surface area contributed by atoms with Gasteiger partial charge in [-0.3, -0.25) is 8.74 Å². The van der Waals surface area contributed by atoms with Gasteiger partial charge in [0.1, 0.15) is 18.1 Å². The number of aromatic hydroxyl groups is 2. The first-order valence-electron chi connectivity index (χ1n) is 26.7. The summed E-state index contributed by atoms with van der Waals surface area (Å²) in [6, 6.07) is 20.8. The summed E-state index contributed by atoms with van der Waals surface area (Å²) in [6.07, 6.45) is 18.0. The molecule has 3 aliphatic rings. The van der Waals surface area contributed by atoms with E-state index in [0.717, 1.165) is 40.6 Å². The van der Waals surface area contributed by atoms with Gasteiger partial charge in [0.15, 0.2) is 5.71 Å². The van der Waals surface area contributed by atoms with Crippen LogP contribution in [0.1, 0.15) is 75.6 Å². The summed E-state index contributed by atoms with van der Waals surface area (Å²) in [7, 11) is -5.72. The van der Waals surface area contributed by atoms with Crippen LogP contribution in [-0.2, 0) is 58.3 Å². The topological polar surface area (TPSA) is 231 Å². The molecule has 0 amide bonds. The summed E-state index contributed by atoms with van der Waals surface area (Å²) < 4.78 is 102. The maximum Gasteiger partial charge on any atom is 0.333 e. The number of fused-ring (bicyclic) bond motifs is 3. The molecule has 3 N–H and O–H groups in total. The van der Waals surface area contributed by atoms with Crippen molar-refractivity contribution >= 4 is 60.2 Å². The molecular weight excluding hydrogens is 1080 g/mol. The van der Waals surface area contributed by atoms with Crippen LogP contribution in [0.25, 0.3) is 16.9 Å². The number of allylic oxidation sites excluding steroid dienone is 10. The molecule has 436 valence electrons. The van der Waals surface area contributed by atoms with Crippen LogP contribution in [0.2, 0.25) is 0 Å². The Hall–Kier alpha value is -6.66. The lowest BCUT2D eigenvalue weighted by atomic mass is 9.75. The van der Waals surface area contributed by atoms with Gasteiger partial charge >= 0.3 is 5.97 Å². The highest BCUT2D eigenvalue weighted by atomic mass is 32.2. The number of hydrogen-bond acceptors (Lipinski definition) is 16. The Kier molecular flexibility index (Phi) is 21.7. The molecular formula is C60H74N3O16S2+. The van der Waals surface area contributed by atoms with Crippen LogP contribution >= 0.6 is 0 Å². The van der Waals surface area contributed by atoms with Crippen LogP contribution in [0.3, 0.4) is 0 Å². The number of carbonyl (C=O) groups excluding carboxylic acids is 1. The molecule has 0 saturated heterocycles. The molecule has 0 radical (unpaired) electrons. The van der Waals surface area contributed by atoms with E-state index in [4.69, 9.17) is 37.4 Å². The normalized spacial score (nSPS) is 17.5. The van der Waals surface area contributed by atoms with Gasteiger partial charge in [-0.1, -0.05) is 72.9 Å². The van der Waals surface area contributed by atoms with Crippen LogP contribution in [0.15, 0.2) is 132 Å². The first kappa shape index (κ1) is 61.9. The van der Waals surface area contributed by atoms with Crippen molar-refractivity contribution in [2.24, 2.45) is 0 Å². The summed E-state index contributed by atoms with van der Waals surface area (Å²) in [5, 5.41) is 20.0. The number of carbonyl (C=O) groups is 1. The van der Waals surface area contributed by atoms with E-state index in [2.05, 4.69) is 43.9 Å². The molecule has 1 aromatic heterocycles. The largest absolute Gasteiger partial charge is 0.492 e. The van der Waals surface area contributed by atoms with Crippen LogP contribution in [0, 0.1) is 0 Å². The second kappa shape index (κ2) is 28.4. The SMILES string of the molecule is COCCOCCOCCOCCOCCN1c2cc3c(cc2C(C)=CC1(C)C)C(=CC=CC=CC=CC1=[N+](CCCS(=O)(=O)OC)c2ccc(S(=O)(=O)O)cc2C1(C)CCCC(=O)On1c(O)ccc1O)C=C(c1ccccc1)O3. The van der Waals surface area contributed by atoms with E-state index in [1.54, 1.807) is 13.2 Å². The van der Waals surface area contributed by atoms with Crippen molar-refractivity contribution in [3.8, 4) is 17.5 Å². The Morgan fingerprint density at radius 3 is 2.05 bits per heavy atom. The number of nitrogens with zero attached hydrogens (tertiary/aromatic N) is 3. The average Bonchev–Trinajstić information content (AvgIpc) is 4.15. The van der Waals surface area contributed by atoms with Gasteiger partial charge in [-0.05, 0) is 76.0 Å². The lowest BCUT2D eigenvalue weighted by Crippen LogP contribution is -2.46. The molecule has 1 unspecified atom stereocenters. The number of anilines is 1. The predicted octanol–water partition coefficient (Wildman–Crippen LogP) is 8.59. The van der Waals surface area contributed by atoms with Crippen LogP contribution in [-0.4, -0.2) is 151 Å². The van der Waals surface area contributed by atoms with E-state index < -0.39 is 43.4 Å². The van der Waals surface area contributed by atoms with E-state index in [-0.39, 0.29) is 48.4 Å². The molecule has 7 rings (SSSR count). The lowest BCUT2D eigenvalue weighted by molar-refractivity contribution is -0.437. The minimum absolute atomic E-state index is 0.146. The van der Waals surface area contributed by atoms with E-state index in [1.165, 1.54) is 24.3 Å². The highest BCUT2D eigenvalue weighted by Crippen LogP contribution is 2.47. The molecule has 19 nitrogen and oxygen atoms in total. The van der Waals surface area contributed by atoms with Crippen molar-refractivity contribution < 1.29 is 78.4 Å². The smallest absolute Gasteiger partial charge is 0.333 e. The van der Waals surface area contributed by atoms with Gasteiger partial charge in [0.25, 0.3) is 20.2 Å². The third kappa shape index (κ3) is 16.3. The predicted molar refractivity (Wildman–Crippen MR) is 309 cm³/mol.